The second kappa shape index (κ2) is 9.23. The molecule has 36 heavy (non-hydrogen) atoms. The van der Waals surface area contributed by atoms with Crippen LogP contribution >= 0.6 is 11.6 Å². The number of hydrogen-bond donors (Lipinski definition) is 1. The molecule has 1 aliphatic carbocycles. The van der Waals surface area contributed by atoms with Gasteiger partial charge in [0.15, 0.2) is 0 Å². The van der Waals surface area contributed by atoms with Crippen molar-refractivity contribution in [2.24, 2.45) is 0 Å². The molecule has 1 aromatic heterocycles. The van der Waals surface area contributed by atoms with E-state index in [2.05, 4.69) is 28.9 Å². The molecule has 5 rings (SSSR count). The van der Waals surface area contributed by atoms with Gasteiger partial charge in [0, 0.05) is 23.7 Å². The molecule has 2 heterocycles. The Hall–Kier alpha value is -2.29. The number of alkyl halides is 3. The zero-order valence-electron chi connectivity index (χ0n) is 20.5. The fourth-order valence-electron chi connectivity index (χ4n) is 5.58. The van der Waals surface area contributed by atoms with Gasteiger partial charge in [0.1, 0.15) is 12.4 Å². The van der Waals surface area contributed by atoms with Crippen LogP contribution in [-0.4, -0.2) is 51.4 Å². The number of benzene rings is 2. The van der Waals surface area contributed by atoms with Gasteiger partial charge in [-0.15, -0.1) is 0 Å². The standard InChI is InChI=1S/C27H31ClF3N3O2/c1-25(18-3-5-19(28)6-4-18)7-9-33(10-8-25)11-12-36-21-13-22(27(29,30)31)24-23(14-21)32-17-34(24)20-15-26(2,35)16-20/h3-6,13-14,17,20,35H,7-12,15-16H2,1-2H3. The van der Waals surface area contributed by atoms with Crippen molar-refractivity contribution >= 4 is 22.6 Å². The molecule has 5 nitrogen and oxygen atoms in total. The van der Waals surface area contributed by atoms with Gasteiger partial charge >= 0.3 is 6.18 Å². The van der Waals surface area contributed by atoms with Crippen LogP contribution in [0.4, 0.5) is 13.2 Å². The minimum atomic E-state index is -4.54. The Labute approximate surface area is 213 Å². The first kappa shape index (κ1) is 25.4. The van der Waals surface area contributed by atoms with E-state index >= 15 is 0 Å². The first-order valence-electron chi connectivity index (χ1n) is 12.3. The Morgan fingerprint density at radius 1 is 1.11 bits per heavy atom. The molecular weight excluding hydrogens is 491 g/mol. The predicted molar refractivity (Wildman–Crippen MR) is 134 cm³/mol. The monoisotopic (exact) mass is 521 g/mol. The second-order valence-corrected chi connectivity index (χ2v) is 11.2. The second-order valence-electron chi connectivity index (χ2n) is 10.8. The molecule has 1 saturated carbocycles. The van der Waals surface area contributed by atoms with E-state index in [1.165, 1.54) is 11.9 Å². The van der Waals surface area contributed by atoms with Crippen molar-refractivity contribution in [3.63, 3.8) is 0 Å². The molecule has 0 bridgehead atoms. The van der Waals surface area contributed by atoms with Gasteiger partial charge in [-0.2, -0.15) is 13.2 Å². The molecule has 194 valence electrons. The number of aliphatic hydroxyl groups is 1. The maximum Gasteiger partial charge on any atom is 0.418 e. The van der Waals surface area contributed by atoms with Crippen LogP contribution in [0.5, 0.6) is 5.75 Å². The van der Waals surface area contributed by atoms with Crippen LogP contribution in [0.1, 0.15) is 56.7 Å². The molecule has 0 radical (unpaired) electrons. The van der Waals surface area contributed by atoms with Crippen molar-refractivity contribution in [3.05, 3.63) is 58.9 Å². The number of fused-ring (bicyclic) bond motifs is 1. The average Bonchev–Trinajstić information content (AvgIpc) is 3.21. The Morgan fingerprint density at radius 3 is 2.39 bits per heavy atom. The molecule has 2 aliphatic rings. The summed E-state index contributed by atoms with van der Waals surface area (Å²) in [6, 6.07) is 10.5. The molecule has 1 saturated heterocycles. The molecule has 9 heteroatoms. The van der Waals surface area contributed by atoms with E-state index in [-0.39, 0.29) is 28.2 Å². The summed E-state index contributed by atoms with van der Waals surface area (Å²) in [4.78, 5) is 6.52. The van der Waals surface area contributed by atoms with E-state index < -0.39 is 17.3 Å². The first-order valence-corrected chi connectivity index (χ1v) is 12.7. The van der Waals surface area contributed by atoms with Gasteiger partial charge in [-0.25, -0.2) is 4.98 Å². The third kappa shape index (κ3) is 5.08. The summed E-state index contributed by atoms with van der Waals surface area (Å²) >= 11 is 6.03. The van der Waals surface area contributed by atoms with Gasteiger partial charge in [-0.1, -0.05) is 30.7 Å². The van der Waals surface area contributed by atoms with Gasteiger partial charge in [0.2, 0.25) is 0 Å². The third-order valence-electron chi connectivity index (χ3n) is 7.87. The number of aromatic nitrogens is 2. The minimum Gasteiger partial charge on any atom is -0.492 e. The van der Waals surface area contributed by atoms with E-state index in [1.807, 2.05) is 12.1 Å². The van der Waals surface area contributed by atoms with Crippen molar-refractivity contribution in [1.29, 1.82) is 0 Å². The normalized spacial score (nSPS) is 24.6. The topological polar surface area (TPSA) is 50.5 Å². The molecule has 2 fully saturated rings. The smallest absolute Gasteiger partial charge is 0.418 e. The Kier molecular flexibility index (Phi) is 6.50. The molecule has 0 unspecified atom stereocenters. The number of piperidine rings is 1. The molecule has 0 amide bonds. The molecule has 2 aromatic carbocycles. The summed E-state index contributed by atoms with van der Waals surface area (Å²) in [6.07, 6.45) is -0.313. The highest BCUT2D eigenvalue weighted by atomic mass is 35.5. The van der Waals surface area contributed by atoms with Gasteiger partial charge < -0.3 is 14.4 Å². The summed E-state index contributed by atoms with van der Waals surface area (Å²) in [6.45, 7) is 6.69. The van der Waals surface area contributed by atoms with Crippen molar-refractivity contribution in [2.45, 2.75) is 62.8 Å². The van der Waals surface area contributed by atoms with Gasteiger partial charge in [-0.05, 0) is 74.9 Å². The van der Waals surface area contributed by atoms with E-state index in [0.29, 0.717) is 26.0 Å². The van der Waals surface area contributed by atoms with E-state index in [1.54, 1.807) is 17.6 Å². The summed E-state index contributed by atoms with van der Waals surface area (Å²) < 4.78 is 49.3. The highest BCUT2D eigenvalue weighted by molar-refractivity contribution is 6.30. The van der Waals surface area contributed by atoms with Gasteiger partial charge in [-0.3, -0.25) is 4.90 Å². The van der Waals surface area contributed by atoms with E-state index in [0.717, 1.165) is 37.0 Å². The van der Waals surface area contributed by atoms with Gasteiger partial charge in [0.25, 0.3) is 0 Å². The highest BCUT2D eigenvalue weighted by Crippen LogP contribution is 2.45. The number of nitrogens with zero attached hydrogens (tertiary/aromatic N) is 3. The number of likely N-dealkylation sites (tertiary alicyclic amines) is 1. The lowest BCUT2D eigenvalue weighted by atomic mass is 9.74. The summed E-state index contributed by atoms with van der Waals surface area (Å²) in [5.74, 6) is 0.170. The molecule has 0 spiro atoms. The Balaban J connectivity index is 1.23. The number of ether oxygens (including phenoxy) is 1. The predicted octanol–water partition coefficient (Wildman–Crippen LogP) is 6.23. The summed E-state index contributed by atoms with van der Waals surface area (Å²) in [5, 5.41) is 10.8. The lowest BCUT2D eigenvalue weighted by Gasteiger charge is -2.41. The van der Waals surface area contributed by atoms with Crippen molar-refractivity contribution in [1.82, 2.24) is 14.5 Å². The van der Waals surface area contributed by atoms with Crippen LogP contribution in [0.25, 0.3) is 11.0 Å². The summed E-state index contributed by atoms with van der Waals surface area (Å²) in [5.41, 5.74) is 0.0671. The van der Waals surface area contributed by atoms with E-state index in [4.69, 9.17) is 16.3 Å². The maximum absolute atomic E-state index is 14.0. The first-order chi connectivity index (χ1) is 16.9. The zero-order chi connectivity index (χ0) is 25.7. The largest absolute Gasteiger partial charge is 0.492 e. The SMILES string of the molecule is CC1(O)CC(n2cnc3cc(OCCN4CCC(C)(c5ccc(Cl)cc5)CC4)cc(C(F)(F)F)c32)C1. The molecular formula is C27H31ClF3N3O2. The van der Waals surface area contributed by atoms with E-state index in [9.17, 15) is 18.3 Å². The van der Waals surface area contributed by atoms with Crippen molar-refractivity contribution in [3.8, 4) is 5.75 Å². The highest BCUT2D eigenvalue weighted by Gasteiger charge is 2.42. The van der Waals surface area contributed by atoms with Crippen LogP contribution in [0, 0.1) is 0 Å². The van der Waals surface area contributed by atoms with Crippen LogP contribution in [-0.2, 0) is 11.6 Å². The molecule has 1 N–H and O–H groups in total. The van der Waals surface area contributed by atoms with Crippen LogP contribution in [0.2, 0.25) is 5.02 Å². The number of hydrogen-bond acceptors (Lipinski definition) is 4. The average molecular weight is 522 g/mol. The molecule has 0 atom stereocenters. The zero-order valence-corrected chi connectivity index (χ0v) is 21.2. The molecule has 1 aliphatic heterocycles. The van der Waals surface area contributed by atoms with Crippen molar-refractivity contribution < 1.29 is 23.0 Å². The maximum atomic E-state index is 14.0. The number of rotatable bonds is 6. The quantitative estimate of drug-likeness (QED) is 0.418. The third-order valence-corrected chi connectivity index (χ3v) is 8.12. The van der Waals surface area contributed by atoms with Crippen LogP contribution < -0.4 is 4.74 Å². The van der Waals surface area contributed by atoms with Gasteiger partial charge in [0.05, 0.1) is 28.5 Å². The minimum absolute atomic E-state index is 0.0489. The molecule has 3 aromatic rings. The fourth-order valence-corrected chi connectivity index (χ4v) is 5.70. The Bertz CT molecular complexity index is 1220. The number of imidazole rings is 1. The fraction of sp³-hybridized carbons (Fsp3) is 0.519. The number of halogens is 4. The lowest BCUT2D eigenvalue weighted by Crippen LogP contribution is -2.42. The van der Waals surface area contributed by atoms with Crippen molar-refractivity contribution in [2.75, 3.05) is 26.2 Å². The van der Waals surface area contributed by atoms with Crippen LogP contribution in [0.3, 0.4) is 0 Å². The Morgan fingerprint density at radius 2 is 1.78 bits per heavy atom. The lowest BCUT2D eigenvalue weighted by molar-refractivity contribution is -0.136. The van der Waals surface area contributed by atoms with Crippen LogP contribution in [0.15, 0.2) is 42.7 Å². The summed E-state index contributed by atoms with van der Waals surface area (Å²) in [7, 11) is 0.